The maximum atomic E-state index is 9.91. The Hall–Kier alpha value is -1.61. The Morgan fingerprint density at radius 2 is 1.65 bits per heavy atom. The molecular formula is C13H14ClNO2. The average molecular weight is 252 g/mol. The molecule has 1 aromatic carbocycles. The zero-order valence-corrected chi connectivity index (χ0v) is 10.7. The molecule has 4 heteroatoms. The van der Waals surface area contributed by atoms with Crippen LogP contribution in [0.3, 0.4) is 0 Å². The summed E-state index contributed by atoms with van der Waals surface area (Å²) >= 11 is 6.15. The molecule has 0 radical (unpaired) electrons. The molecule has 0 aliphatic carbocycles. The Bertz CT molecular complexity index is 588. The lowest BCUT2D eigenvalue weighted by molar-refractivity contribution is 0.455. The molecule has 0 atom stereocenters. The van der Waals surface area contributed by atoms with E-state index in [4.69, 9.17) is 11.6 Å². The minimum Gasteiger partial charge on any atom is -0.505 e. The fourth-order valence-electron chi connectivity index (χ4n) is 1.83. The van der Waals surface area contributed by atoms with E-state index >= 15 is 0 Å². The van der Waals surface area contributed by atoms with Gasteiger partial charge in [0.15, 0.2) is 0 Å². The van der Waals surface area contributed by atoms with Crippen LogP contribution in [0.4, 0.5) is 0 Å². The average Bonchev–Trinajstić information content (AvgIpc) is 2.48. The maximum Gasteiger partial charge on any atom is 0.200 e. The molecule has 0 aliphatic heterocycles. The number of benzene rings is 1. The Balaban J connectivity index is 2.72. The first-order valence-corrected chi connectivity index (χ1v) is 5.67. The van der Waals surface area contributed by atoms with Gasteiger partial charge in [-0.05, 0) is 44.0 Å². The predicted octanol–water partition coefficient (Wildman–Crippen LogP) is 3.67. The summed E-state index contributed by atoms with van der Waals surface area (Å²) in [5.41, 5.74) is 3.64. The van der Waals surface area contributed by atoms with Crippen LogP contribution in [0.2, 0.25) is 5.02 Å². The summed E-state index contributed by atoms with van der Waals surface area (Å²) in [4.78, 5) is 2.68. The molecule has 0 bridgehead atoms. The van der Waals surface area contributed by atoms with Gasteiger partial charge in [-0.3, -0.25) is 0 Å². The number of nitrogens with one attached hydrogen (secondary N) is 1. The number of aromatic hydroxyl groups is 2. The second-order valence-electron chi connectivity index (χ2n) is 4.24. The number of aromatic nitrogens is 1. The van der Waals surface area contributed by atoms with E-state index in [1.807, 2.05) is 26.0 Å². The van der Waals surface area contributed by atoms with Crippen LogP contribution in [-0.4, -0.2) is 15.2 Å². The Kier molecular flexibility index (Phi) is 2.79. The van der Waals surface area contributed by atoms with Crippen LogP contribution in [-0.2, 0) is 0 Å². The van der Waals surface area contributed by atoms with Gasteiger partial charge in [-0.15, -0.1) is 0 Å². The largest absolute Gasteiger partial charge is 0.505 e. The van der Waals surface area contributed by atoms with Crippen molar-refractivity contribution in [1.29, 1.82) is 0 Å². The predicted molar refractivity (Wildman–Crippen MR) is 68.8 cm³/mol. The van der Waals surface area contributed by atoms with Crippen molar-refractivity contribution >= 4 is 11.6 Å². The van der Waals surface area contributed by atoms with Gasteiger partial charge in [-0.1, -0.05) is 11.6 Å². The summed E-state index contributed by atoms with van der Waals surface area (Å²) in [5.74, 6) is -0.0298. The normalized spacial score (nSPS) is 10.8. The lowest BCUT2D eigenvalue weighted by Gasteiger charge is -2.08. The third kappa shape index (κ3) is 1.87. The van der Waals surface area contributed by atoms with Crippen molar-refractivity contribution < 1.29 is 10.2 Å². The topological polar surface area (TPSA) is 56.2 Å². The van der Waals surface area contributed by atoms with Gasteiger partial charge in [0.05, 0.1) is 11.3 Å². The van der Waals surface area contributed by atoms with Crippen molar-refractivity contribution in [1.82, 2.24) is 4.98 Å². The molecular weight excluding hydrogens is 238 g/mol. The molecule has 3 N–H and O–H groups in total. The highest BCUT2D eigenvalue weighted by Gasteiger charge is 2.18. The second kappa shape index (κ2) is 4.00. The molecule has 0 unspecified atom stereocenters. The minimum atomic E-state index is -0.0647. The van der Waals surface area contributed by atoms with Gasteiger partial charge >= 0.3 is 0 Å². The molecule has 2 aromatic rings. The van der Waals surface area contributed by atoms with Crippen molar-refractivity contribution in [2.75, 3.05) is 0 Å². The third-order valence-electron chi connectivity index (χ3n) is 2.99. The standard InChI is InChI=1S/C13H14ClNO2/c1-6-4-9(10(14)5-7(6)2)11-12(16)8(3)15-13(11)17/h4-5,15-17H,1-3H3. The van der Waals surface area contributed by atoms with Crippen LogP contribution in [0.1, 0.15) is 16.8 Å². The van der Waals surface area contributed by atoms with E-state index in [2.05, 4.69) is 4.98 Å². The molecule has 1 aromatic heterocycles. The van der Waals surface area contributed by atoms with E-state index in [1.165, 1.54) is 0 Å². The van der Waals surface area contributed by atoms with Gasteiger partial charge in [-0.2, -0.15) is 0 Å². The summed E-state index contributed by atoms with van der Waals surface area (Å²) in [6.07, 6.45) is 0. The fraction of sp³-hybridized carbons (Fsp3) is 0.231. The van der Waals surface area contributed by atoms with Gasteiger partial charge in [0.2, 0.25) is 5.88 Å². The number of H-pyrrole nitrogens is 1. The molecule has 0 amide bonds. The number of rotatable bonds is 1. The van der Waals surface area contributed by atoms with Crippen molar-refractivity contribution in [3.63, 3.8) is 0 Å². The fourth-order valence-corrected chi connectivity index (χ4v) is 2.14. The molecule has 0 saturated heterocycles. The Labute approximate surface area is 105 Å². The zero-order valence-electron chi connectivity index (χ0n) is 9.93. The van der Waals surface area contributed by atoms with Crippen LogP contribution < -0.4 is 0 Å². The van der Waals surface area contributed by atoms with Crippen molar-refractivity contribution in [2.24, 2.45) is 0 Å². The van der Waals surface area contributed by atoms with Crippen molar-refractivity contribution in [3.05, 3.63) is 34.0 Å². The van der Waals surface area contributed by atoms with Gasteiger partial charge < -0.3 is 15.2 Å². The van der Waals surface area contributed by atoms with Gasteiger partial charge in [-0.25, -0.2) is 0 Å². The monoisotopic (exact) mass is 251 g/mol. The first kappa shape index (κ1) is 11.9. The number of hydrogen-bond acceptors (Lipinski definition) is 2. The smallest absolute Gasteiger partial charge is 0.200 e. The molecule has 90 valence electrons. The molecule has 0 spiro atoms. The summed E-state index contributed by atoms with van der Waals surface area (Å²) in [6.45, 7) is 5.61. The zero-order chi connectivity index (χ0) is 12.7. The third-order valence-corrected chi connectivity index (χ3v) is 3.30. The van der Waals surface area contributed by atoms with Gasteiger partial charge in [0.25, 0.3) is 0 Å². The van der Waals surface area contributed by atoms with E-state index in [0.29, 0.717) is 21.8 Å². The van der Waals surface area contributed by atoms with E-state index in [1.54, 1.807) is 6.92 Å². The van der Waals surface area contributed by atoms with Gasteiger partial charge in [0.1, 0.15) is 5.75 Å². The second-order valence-corrected chi connectivity index (χ2v) is 4.65. The van der Waals surface area contributed by atoms with E-state index in [9.17, 15) is 10.2 Å². The summed E-state index contributed by atoms with van der Waals surface area (Å²) in [5, 5.41) is 20.2. The molecule has 3 nitrogen and oxygen atoms in total. The van der Waals surface area contributed by atoms with Crippen LogP contribution >= 0.6 is 11.6 Å². The SMILES string of the molecule is Cc1cc(Cl)c(-c2c(O)[nH]c(C)c2O)cc1C. The van der Waals surface area contributed by atoms with Crippen LogP contribution in [0.5, 0.6) is 11.6 Å². The van der Waals surface area contributed by atoms with Gasteiger partial charge in [0, 0.05) is 10.6 Å². The minimum absolute atomic E-state index is 0.0349. The molecule has 1 heterocycles. The van der Waals surface area contributed by atoms with E-state index in [-0.39, 0.29) is 11.6 Å². The maximum absolute atomic E-state index is 9.91. The van der Waals surface area contributed by atoms with E-state index in [0.717, 1.165) is 11.1 Å². The lowest BCUT2D eigenvalue weighted by Crippen LogP contribution is -1.85. The summed E-state index contributed by atoms with van der Waals surface area (Å²) in [6, 6.07) is 3.69. The summed E-state index contributed by atoms with van der Waals surface area (Å²) in [7, 11) is 0. The summed E-state index contributed by atoms with van der Waals surface area (Å²) < 4.78 is 0. The highest BCUT2D eigenvalue weighted by molar-refractivity contribution is 6.33. The van der Waals surface area contributed by atoms with E-state index < -0.39 is 0 Å². The highest BCUT2D eigenvalue weighted by atomic mass is 35.5. The highest BCUT2D eigenvalue weighted by Crippen LogP contribution is 2.43. The molecule has 0 fully saturated rings. The number of aromatic amines is 1. The Morgan fingerprint density at radius 3 is 2.18 bits per heavy atom. The number of halogens is 1. The quantitative estimate of drug-likeness (QED) is 0.724. The number of aryl methyl sites for hydroxylation is 3. The first-order chi connectivity index (χ1) is 7.91. The van der Waals surface area contributed by atoms with Crippen molar-refractivity contribution in [3.8, 4) is 22.8 Å². The van der Waals surface area contributed by atoms with Crippen molar-refractivity contribution in [2.45, 2.75) is 20.8 Å². The van der Waals surface area contributed by atoms with Crippen LogP contribution in [0.25, 0.3) is 11.1 Å². The molecule has 0 saturated carbocycles. The molecule has 0 aliphatic rings. The Morgan fingerprint density at radius 1 is 1.06 bits per heavy atom. The molecule has 2 rings (SSSR count). The molecule has 17 heavy (non-hydrogen) atoms. The first-order valence-electron chi connectivity index (χ1n) is 5.29. The van der Waals surface area contributed by atoms with Crippen LogP contribution in [0, 0.1) is 20.8 Å². The van der Waals surface area contributed by atoms with Crippen LogP contribution in [0.15, 0.2) is 12.1 Å². The number of hydrogen-bond donors (Lipinski definition) is 3. The lowest BCUT2D eigenvalue weighted by atomic mass is 10.0.